The summed E-state index contributed by atoms with van der Waals surface area (Å²) in [5.74, 6) is 1.36. The first kappa shape index (κ1) is 28.8. The Bertz CT molecular complexity index is 2580. The van der Waals surface area contributed by atoms with Crippen LogP contribution in [0, 0.1) is 0 Å². The van der Waals surface area contributed by atoms with Crippen molar-refractivity contribution in [1.82, 2.24) is 24.9 Å². The van der Waals surface area contributed by atoms with Crippen molar-refractivity contribution in [2.24, 2.45) is 0 Å². The fourth-order valence-electron chi connectivity index (χ4n) is 6.14. The van der Waals surface area contributed by atoms with Crippen molar-refractivity contribution in [3.8, 4) is 67.7 Å². The van der Waals surface area contributed by atoms with E-state index in [9.17, 15) is 0 Å². The van der Waals surface area contributed by atoms with Crippen LogP contribution in [0.15, 0.2) is 164 Å². The Balaban J connectivity index is 1.15. The van der Waals surface area contributed by atoms with Gasteiger partial charge in [-0.2, -0.15) is 0 Å². The molecular weight excluding hydrogens is 619 g/mol. The van der Waals surface area contributed by atoms with Gasteiger partial charge in [-0.05, 0) is 35.4 Å². The zero-order valence-corrected chi connectivity index (χ0v) is 27.0. The zero-order valence-electron chi connectivity index (χ0n) is 26.2. The summed E-state index contributed by atoms with van der Waals surface area (Å²) in [6.07, 6.45) is 1.83. The molecule has 0 saturated heterocycles. The summed E-state index contributed by atoms with van der Waals surface area (Å²) >= 11 is 1.63. The van der Waals surface area contributed by atoms with E-state index in [4.69, 9.17) is 19.9 Å². The highest BCUT2D eigenvalue weighted by Crippen LogP contribution is 2.39. The van der Waals surface area contributed by atoms with Crippen LogP contribution in [-0.2, 0) is 0 Å². The molecule has 0 aliphatic carbocycles. The maximum atomic E-state index is 5.13. The molecule has 0 unspecified atom stereocenters. The van der Waals surface area contributed by atoms with E-state index < -0.39 is 0 Å². The van der Waals surface area contributed by atoms with Crippen LogP contribution in [0.5, 0.6) is 0 Å². The first-order valence-electron chi connectivity index (χ1n) is 16.1. The second kappa shape index (κ2) is 12.3. The number of fused-ring (bicyclic) bond motifs is 3. The van der Waals surface area contributed by atoms with E-state index in [2.05, 4.69) is 102 Å². The van der Waals surface area contributed by atoms with Crippen molar-refractivity contribution >= 4 is 31.8 Å². The van der Waals surface area contributed by atoms with E-state index in [0.29, 0.717) is 11.6 Å². The first-order chi connectivity index (χ1) is 24.3. The standard InChI is InChI=1S/C43H27N5S/c1-4-12-28(13-5-1)33-18-10-19-34(26-33)37-27-36(45-41(46-37)31-16-8-3-9-17-31)29-21-23-32(24-22-29)42-47-38(30-14-6-2-7-15-30)40-39(48-42)35-20-11-25-44-43(35)49-40/h1-27H. The Labute approximate surface area is 287 Å². The van der Waals surface area contributed by atoms with Gasteiger partial charge in [0.25, 0.3) is 0 Å². The molecule has 0 saturated carbocycles. The maximum absolute atomic E-state index is 5.13. The van der Waals surface area contributed by atoms with Crippen molar-refractivity contribution in [3.63, 3.8) is 0 Å². The first-order valence-corrected chi connectivity index (χ1v) is 16.9. The topological polar surface area (TPSA) is 64.5 Å². The normalized spacial score (nSPS) is 11.3. The Morgan fingerprint density at radius 1 is 0.388 bits per heavy atom. The highest BCUT2D eigenvalue weighted by atomic mass is 32.1. The van der Waals surface area contributed by atoms with Gasteiger partial charge in [0.2, 0.25) is 0 Å². The molecule has 6 heteroatoms. The van der Waals surface area contributed by atoms with Gasteiger partial charge in [0, 0.05) is 39.4 Å². The molecule has 230 valence electrons. The molecule has 9 aromatic rings. The van der Waals surface area contributed by atoms with Gasteiger partial charge in [-0.1, -0.05) is 133 Å². The third-order valence-corrected chi connectivity index (χ3v) is 9.71. The lowest BCUT2D eigenvalue weighted by Crippen LogP contribution is -1.96. The Hall–Kier alpha value is -6.37. The smallest absolute Gasteiger partial charge is 0.160 e. The number of nitrogens with zero attached hydrogens (tertiary/aromatic N) is 5. The Morgan fingerprint density at radius 2 is 0.959 bits per heavy atom. The number of hydrogen-bond acceptors (Lipinski definition) is 6. The van der Waals surface area contributed by atoms with Gasteiger partial charge in [-0.3, -0.25) is 0 Å². The van der Waals surface area contributed by atoms with Crippen LogP contribution in [0.25, 0.3) is 88.1 Å². The summed E-state index contributed by atoms with van der Waals surface area (Å²) in [4.78, 5) is 25.9. The molecule has 0 atom stereocenters. The molecule has 0 aliphatic heterocycles. The van der Waals surface area contributed by atoms with Crippen LogP contribution in [-0.4, -0.2) is 24.9 Å². The molecule has 4 aromatic heterocycles. The van der Waals surface area contributed by atoms with Crippen molar-refractivity contribution in [1.29, 1.82) is 0 Å². The number of rotatable bonds is 6. The number of hydrogen-bond donors (Lipinski definition) is 0. The minimum atomic E-state index is 0.674. The fraction of sp³-hybridized carbons (Fsp3) is 0. The molecule has 5 nitrogen and oxygen atoms in total. The second-order valence-corrected chi connectivity index (χ2v) is 12.7. The largest absolute Gasteiger partial charge is 0.245 e. The molecule has 0 spiro atoms. The van der Waals surface area contributed by atoms with Crippen molar-refractivity contribution in [2.75, 3.05) is 0 Å². The van der Waals surface area contributed by atoms with Gasteiger partial charge >= 0.3 is 0 Å². The van der Waals surface area contributed by atoms with Gasteiger partial charge in [0.1, 0.15) is 4.83 Å². The predicted octanol–water partition coefficient (Wildman–Crippen LogP) is 11.0. The average molecular weight is 646 g/mol. The molecule has 5 aromatic carbocycles. The molecule has 9 rings (SSSR count). The van der Waals surface area contributed by atoms with E-state index in [1.165, 1.54) is 5.56 Å². The van der Waals surface area contributed by atoms with Gasteiger partial charge in [-0.15, -0.1) is 11.3 Å². The predicted molar refractivity (Wildman–Crippen MR) is 201 cm³/mol. The zero-order chi connectivity index (χ0) is 32.6. The van der Waals surface area contributed by atoms with Crippen molar-refractivity contribution < 1.29 is 0 Å². The number of thiophene rings is 1. The molecule has 0 N–H and O–H groups in total. The van der Waals surface area contributed by atoms with Crippen LogP contribution < -0.4 is 0 Å². The summed E-state index contributed by atoms with van der Waals surface area (Å²) in [6, 6.07) is 53.9. The number of benzene rings is 5. The van der Waals surface area contributed by atoms with Gasteiger partial charge < -0.3 is 0 Å². The quantitative estimate of drug-likeness (QED) is 0.180. The maximum Gasteiger partial charge on any atom is 0.160 e. The third kappa shape index (κ3) is 5.54. The average Bonchev–Trinajstić information content (AvgIpc) is 3.57. The lowest BCUT2D eigenvalue weighted by molar-refractivity contribution is 1.18. The Kier molecular flexibility index (Phi) is 7.26. The molecule has 4 heterocycles. The molecule has 0 fully saturated rings. The molecule has 0 amide bonds. The van der Waals surface area contributed by atoms with Crippen LogP contribution in [0.1, 0.15) is 0 Å². The summed E-state index contributed by atoms with van der Waals surface area (Å²) in [5, 5.41) is 1.04. The highest BCUT2D eigenvalue weighted by Gasteiger charge is 2.17. The van der Waals surface area contributed by atoms with E-state index in [1.807, 2.05) is 66.9 Å². The molecular formula is C43H27N5S. The summed E-state index contributed by atoms with van der Waals surface area (Å²) in [5.41, 5.74) is 10.8. The molecule has 0 aliphatic rings. The van der Waals surface area contributed by atoms with E-state index in [-0.39, 0.29) is 0 Å². The van der Waals surface area contributed by atoms with Crippen LogP contribution in [0.3, 0.4) is 0 Å². The monoisotopic (exact) mass is 645 g/mol. The molecule has 0 radical (unpaired) electrons. The minimum absolute atomic E-state index is 0.674. The minimum Gasteiger partial charge on any atom is -0.245 e. The molecule has 49 heavy (non-hydrogen) atoms. The lowest BCUT2D eigenvalue weighted by atomic mass is 10.0. The summed E-state index contributed by atoms with van der Waals surface area (Å²) in [6.45, 7) is 0. The number of aromatic nitrogens is 5. The van der Waals surface area contributed by atoms with Crippen LogP contribution >= 0.6 is 11.3 Å². The van der Waals surface area contributed by atoms with Gasteiger partial charge in [-0.25, -0.2) is 24.9 Å². The SMILES string of the molecule is c1ccc(-c2cccc(-c3cc(-c4ccc(-c5nc(-c6ccccc6)c6sc7ncccc7c6n5)cc4)nc(-c4ccccc4)n3)c2)cc1. The molecule has 0 bridgehead atoms. The van der Waals surface area contributed by atoms with Gasteiger partial charge in [0.05, 0.1) is 27.3 Å². The fourth-order valence-corrected chi connectivity index (χ4v) is 7.23. The Morgan fingerprint density at radius 3 is 1.69 bits per heavy atom. The summed E-state index contributed by atoms with van der Waals surface area (Å²) < 4.78 is 1.04. The summed E-state index contributed by atoms with van der Waals surface area (Å²) in [7, 11) is 0. The van der Waals surface area contributed by atoms with Crippen molar-refractivity contribution in [3.05, 3.63) is 164 Å². The van der Waals surface area contributed by atoms with Crippen LogP contribution in [0.4, 0.5) is 0 Å². The van der Waals surface area contributed by atoms with Gasteiger partial charge in [0.15, 0.2) is 11.6 Å². The lowest BCUT2D eigenvalue weighted by Gasteiger charge is -2.11. The van der Waals surface area contributed by atoms with E-state index in [0.717, 1.165) is 70.9 Å². The highest BCUT2D eigenvalue weighted by molar-refractivity contribution is 7.25. The third-order valence-electron chi connectivity index (χ3n) is 8.60. The van der Waals surface area contributed by atoms with E-state index in [1.54, 1.807) is 11.3 Å². The van der Waals surface area contributed by atoms with Crippen molar-refractivity contribution in [2.45, 2.75) is 0 Å². The van der Waals surface area contributed by atoms with Crippen LogP contribution in [0.2, 0.25) is 0 Å². The second-order valence-electron chi connectivity index (χ2n) is 11.7. The number of pyridine rings is 1. The van der Waals surface area contributed by atoms with E-state index >= 15 is 0 Å².